The van der Waals surface area contributed by atoms with Gasteiger partial charge in [-0.05, 0) is 11.1 Å². The highest BCUT2D eigenvalue weighted by Crippen LogP contribution is 2.32. The number of hydrogen-bond acceptors (Lipinski definition) is 4. The van der Waals surface area contributed by atoms with E-state index >= 15 is 0 Å². The summed E-state index contributed by atoms with van der Waals surface area (Å²) in [6.07, 6.45) is 0. The van der Waals surface area contributed by atoms with Gasteiger partial charge in [-0.25, -0.2) is 0 Å². The fourth-order valence-corrected chi connectivity index (χ4v) is 2.47. The van der Waals surface area contributed by atoms with Gasteiger partial charge in [-0.2, -0.15) is 0 Å². The zero-order chi connectivity index (χ0) is 15.7. The molecule has 0 heterocycles. The zero-order valence-corrected chi connectivity index (χ0v) is 11.6. The fraction of sp³-hybridized carbons (Fsp3) is 0. The van der Waals surface area contributed by atoms with Crippen molar-refractivity contribution in [1.82, 2.24) is 0 Å². The van der Waals surface area contributed by atoms with Gasteiger partial charge in [-0.3, -0.25) is 9.59 Å². The van der Waals surface area contributed by atoms with Gasteiger partial charge in [-0.15, -0.1) is 0 Å². The van der Waals surface area contributed by atoms with Gasteiger partial charge in [0.1, 0.15) is 0 Å². The van der Waals surface area contributed by atoms with Crippen LogP contribution in [0, 0.1) is 0 Å². The van der Waals surface area contributed by atoms with Crippen molar-refractivity contribution >= 4 is 22.7 Å². The second kappa shape index (κ2) is 5.33. The van der Waals surface area contributed by atoms with E-state index in [4.69, 9.17) is 5.73 Å². The van der Waals surface area contributed by atoms with Gasteiger partial charge in [0, 0.05) is 0 Å². The maximum Gasteiger partial charge on any atom is 0.230 e. The molecule has 0 amide bonds. The monoisotopic (exact) mass is 291 g/mol. The molecule has 22 heavy (non-hydrogen) atoms. The number of ketones is 2. The van der Waals surface area contributed by atoms with Crippen LogP contribution in [0.1, 0.15) is 11.1 Å². The van der Waals surface area contributed by atoms with Crippen LogP contribution in [-0.2, 0) is 9.59 Å². The van der Waals surface area contributed by atoms with Gasteiger partial charge in [-0.1, -0.05) is 60.7 Å². The third-order valence-corrected chi connectivity index (χ3v) is 3.54. The summed E-state index contributed by atoms with van der Waals surface area (Å²) in [5.74, 6) is -1.74. The van der Waals surface area contributed by atoms with Crippen molar-refractivity contribution in [3.05, 3.63) is 83.2 Å². The Bertz CT molecular complexity index is 746. The molecule has 0 atom stereocenters. The lowest BCUT2D eigenvalue weighted by Crippen LogP contribution is -2.26. The second-order valence-corrected chi connectivity index (χ2v) is 4.90. The Balaban J connectivity index is 2.16. The molecule has 4 nitrogen and oxygen atoms in total. The Morgan fingerprint density at radius 3 is 1.64 bits per heavy atom. The minimum absolute atomic E-state index is 0.0442. The molecule has 0 radical (unpaired) electrons. The zero-order valence-electron chi connectivity index (χ0n) is 11.6. The van der Waals surface area contributed by atoms with Crippen LogP contribution in [0.5, 0.6) is 0 Å². The molecule has 1 aliphatic rings. The number of carbonyl (C=O) groups is 2. The van der Waals surface area contributed by atoms with Gasteiger partial charge in [0.25, 0.3) is 0 Å². The van der Waals surface area contributed by atoms with Crippen molar-refractivity contribution in [3.63, 3.8) is 0 Å². The van der Waals surface area contributed by atoms with E-state index in [2.05, 4.69) is 0 Å². The van der Waals surface area contributed by atoms with Crippen molar-refractivity contribution in [2.75, 3.05) is 0 Å². The Labute approximate surface area is 127 Å². The normalized spacial score (nSPS) is 15.5. The summed E-state index contributed by atoms with van der Waals surface area (Å²) < 4.78 is 0. The maximum atomic E-state index is 12.5. The van der Waals surface area contributed by atoms with Crippen LogP contribution < -0.4 is 5.73 Å². The molecule has 2 aromatic carbocycles. The van der Waals surface area contributed by atoms with E-state index in [9.17, 15) is 14.7 Å². The fourth-order valence-electron chi connectivity index (χ4n) is 2.47. The molecule has 3 N–H and O–H groups in total. The number of nitrogens with two attached hydrogens (primary N) is 1. The van der Waals surface area contributed by atoms with E-state index < -0.39 is 17.3 Å². The van der Waals surface area contributed by atoms with Crippen LogP contribution >= 0.6 is 0 Å². The minimum Gasteiger partial charge on any atom is -0.504 e. The average molecular weight is 291 g/mol. The third-order valence-electron chi connectivity index (χ3n) is 3.54. The first-order valence-electron chi connectivity index (χ1n) is 6.74. The van der Waals surface area contributed by atoms with Crippen molar-refractivity contribution in [1.29, 1.82) is 0 Å². The van der Waals surface area contributed by atoms with E-state index in [1.807, 2.05) is 0 Å². The molecular weight excluding hydrogens is 278 g/mol. The first kappa shape index (κ1) is 13.8. The van der Waals surface area contributed by atoms with Crippen LogP contribution in [0.15, 0.2) is 72.1 Å². The Morgan fingerprint density at radius 1 is 0.682 bits per heavy atom. The van der Waals surface area contributed by atoms with Gasteiger partial charge < -0.3 is 10.8 Å². The summed E-state index contributed by atoms with van der Waals surface area (Å²) in [5.41, 5.74) is 6.72. The Hall–Kier alpha value is -3.14. The molecule has 0 unspecified atom stereocenters. The second-order valence-electron chi connectivity index (χ2n) is 4.90. The number of benzene rings is 2. The Morgan fingerprint density at radius 2 is 1.14 bits per heavy atom. The van der Waals surface area contributed by atoms with Gasteiger partial charge in [0.15, 0.2) is 5.76 Å². The standard InChI is InChI=1S/C18H13NO3/c19-15-13(11-7-3-1-4-8-11)17(21)18(22)14(16(15)20)12-9-5-2-6-10-12/h1-10,22H,19H2. The van der Waals surface area contributed by atoms with Gasteiger partial charge in [0.05, 0.1) is 16.8 Å². The summed E-state index contributed by atoms with van der Waals surface area (Å²) >= 11 is 0. The van der Waals surface area contributed by atoms with E-state index in [-0.39, 0.29) is 16.8 Å². The summed E-state index contributed by atoms with van der Waals surface area (Å²) in [7, 11) is 0. The molecule has 0 bridgehead atoms. The number of rotatable bonds is 2. The van der Waals surface area contributed by atoms with Gasteiger partial charge in [0.2, 0.25) is 11.6 Å². The van der Waals surface area contributed by atoms with Crippen molar-refractivity contribution < 1.29 is 14.7 Å². The van der Waals surface area contributed by atoms with E-state index in [1.165, 1.54) is 0 Å². The molecular formula is C18H13NO3. The lowest BCUT2D eigenvalue weighted by molar-refractivity contribution is -0.115. The van der Waals surface area contributed by atoms with Crippen LogP contribution in [0.3, 0.4) is 0 Å². The van der Waals surface area contributed by atoms with Crippen molar-refractivity contribution in [2.24, 2.45) is 5.73 Å². The van der Waals surface area contributed by atoms with Crippen LogP contribution in [-0.4, -0.2) is 16.7 Å². The first-order valence-corrected chi connectivity index (χ1v) is 6.74. The molecule has 0 saturated heterocycles. The van der Waals surface area contributed by atoms with Gasteiger partial charge >= 0.3 is 0 Å². The van der Waals surface area contributed by atoms with Crippen LogP contribution in [0.2, 0.25) is 0 Å². The number of hydrogen-bond donors (Lipinski definition) is 2. The average Bonchev–Trinajstić information content (AvgIpc) is 2.55. The predicted octanol–water partition coefficient (Wildman–Crippen LogP) is 2.48. The van der Waals surface area contributed by atoms with Crippen molar-refractivity contribution in [3.8, 4) is 0 Å². The van der Waals surface area contributed by atoms with E-state index in [1.54, 1.807) is 60.7 Å². The van der Waals surface area contributed by atoms with Crippen LogP contribution in [0.25, 0.3) is 11.1 Å². The summed E-state index contributed by atoms with van der Waals surface area (Å²) in [4.78, 5) is 25.0. The lowest BCUT2D eigenvalue weighted by atomic mass is 9.85. The smallest absolute Gasteiger partial charge is 0.230 e. The quantitative estimate of drug-likeness (QED) is 0.833. The van der Waals surface area contributed by atoms with E-state index in [0.717, 1.165) is 0 Å². The highest BCUT2D eigenvalue weighted by molar-refractivity contribution is 6.47. The molecule has 4 heteroatoms. The number of aliphatic hydroxyl groups excluding tert-OH is 1. The molecule has 3 rings (SSSR count). The topological polar surface area (TPSA) is 80.4 Å². The van der Waals surface area contributed by atoms with Crippen molar-refractivity contribution in [2.45, 2.75) is 0 Å². The molecule has 0 saturated carbocycles. The summed E-state index contributed by atoms with van der Waals surface area (Å²) in [6, 6.07) is 17.1. The minimum atomic E-state index is -0.637. The highest BCUT2D eigenvalue weighted by Gasteiger charge is 2.34. The molecule has 0 aliphatic heterocycles. The summed E-state index contributed by atoms with van der Waals surface area (Å²) in [5, 5.41) is 10.2. The molecule has 0 spiro atoms. The number of allylic oxidation sites excluding steroid dienone is 2. The number of carbonyl (C=O) groups excluding carboxylic acids is 2. The lowest BCUT2D eigenvalue weighted by Gasteiger charge is -2.19. The molecule has 0 fully saturated rings. The Kier molecular flexibility index (Phi) is 3.35. The first-order chi connectivity index (χ1) is 10.6. The highest BCUT2D eigenvalue weighted by atomic mass is 16.3. The van der Waals surface area contributed by atoms with Crippen LogP contribution in [0.4, 0.5) is 0 Å². The largest absolute Gasteiger partial charge is 0.504 e. The number of aliphatic hydroxyl groups is 1. The number of Topliss-reactive ketones (excluding diaryl/α,β-unsaturated/α-hetero) is 2. The predicted molar refractivity (Wildman–Crippen MR) is 83.6 cm³/mol. The molecule has 1 aliphatic carbocycles. The summed E-state index contributed by atoms with van der Waals surface area (Å²) in [6.45, 7) is 0. The van der Waals surface area contributed by atoms with E-state index in [0.29, 0.717) is 11.1 Å². The SMILES string of the molecule is NC1=C(c2ccccc2)C(=O)C(O)=C(c2ccccc2)C1=O. The molecule has 108 valence electrons. The maximum absolute atomic E-state index is 12.5. The molecule has 0 aromatic heterocycles. The third kappa shape index (κ3) is 2.11. The molecule has 2 aromatic rings.